The highest BCUT2D eigenvalue weighted by molar-refractivity contribution is 5.89. The van der Waals surface area contributed by atoms with Gasteiger partial charge in [0.15, 0.2) is 0 Å². The van der Waals surface area contributed by atoms with Crippen molar-refractivity contribution in [2.75, 3.05) is 59.9 Å². The highest BCUT2D eigenvalue weighted by atomic mass is 16.2. The summed E-state index contributed by atoms with van der Waals surface area (Å²) >= 11 is 0. The Morgan fingerprint density at radius 3 is 2.90 bits per heavy atom. The number of nitrogens with one attached hydrogen (secondary N) is 1. The van der Waals surface area contributed by atoms with Gasteiger partial charge in [-0.1, -0.05) is 0 Å². The van der Waals surface area contributed by atoms with Gasteiger partial charge in [-0.05, 0) is 27.1 Å². The molecule has 6 nitrogen and oxygen atoms in total. The molecule has 2 fully saturated rings. The molecule has 0 aromatic rings. The third-order valence-electron chi connectivity index (χ3n) is 4.03. The molecular weight excluding hydrogens is 256 g/mol. The first kappa shape index (κ1) is 15.3. The van der Waals surface area contributed by atoms with Gasteiger partial charge in [-0.15, -0.1) is 0 Å². The molecule has 0 spiro atoms. The summed E-state index contributed by atoms with van der Waals surface area (Å²) in [6.07, 6.45) is 1.38. The summed E-state index contributed by atoms with van der Waals surface area (Å²) in [4.78, 5) is 30.3. The van der Waals surface area contributed by atoms with Crippen LogP contribution in [-0.2, 0) is 9.59 Å². The molecule has 0 aromatic carbocycles. The fourth-order valence-corrected chi connectivity index (χ4v) is 2.80. The molecule has 6 heteroatoms. The van der Waals surface area contributed by atoms with Gasteiger partial charge in [-0.3, -0.25) is 9.59 Å². The lowest BCUT2D eigenvalue weighted by Crippen LogP contribution is -2.40. The molecule has 0 radical (unpaired) electrons. The van der Waals surface area contributed by atoms with E-state index in [-0.39, 0.29) is 17.7 Å². The third kappa shape index (κ3) is 3.93. The number of carbonyl (C=O) groups is 2. The van der Waals surface area contributed by atoms with Crippen LogP contribution in [0.4, 0.5) is 0 Å². The van der Waals surface area contributed by atoms with Gasteiger partial charge in [0, 0.05) is 45.7 Å². The monoisotopic (exact) mass is 282 g/mol. The van der Waals surface area contributed by atoms with Crippen LogP contribution in [0.5, 0.6) is 0 Å². The molecule has 0 aromatic heterocycles. The van der Waals surface area contributed by atoms with E-state index in [1.807, 2.05) is 23.9 Å². The van der Waals surface area contributed by atoms with Crippen LogP contribution in [0.15, 0.2) is 0 Å². The first-order chi connectivity index (χ1) is 9.58. The van der Waals surface area contributed by atoms with Gasteiger partial charge < -0.3 is 20.0 Å². The zero-order chi connectivity index (χ0) is 14.5. The number of hydrogen-bond donors (Lipinski definition) is 1. The minimum Gasteiger partial charge on any atom is -0.341 e. The summed E-state index contributed by atoms with van der Waals surface area (Å²) < 4.78 is 0. The van der Waals surface area contributed by atoms with Crippen molar-refractivity contribution >= 4 is 11.8 Å². The molecule has 2 heterocycles. The van der Waals surface area contributed by atoms with E-state index >= 15 is 0 Å². The van der Waals surface area contributed by atoms with Gasteiger partial charge in [0.2, 0.25) is 11.8 Å². The van der Waals surface area contributed by atoms with E-state index in [1.165, 1.54) is 0 Å². The molecule has 2 aliphatic rings. The zero-order valence-electron chi connectivity index (χ0n) is 12.6. The van der Waals surface area contributed by atoms with Crippen LogP contribution in [0.3, 0.4) is 0 Å². The minimum atomic E-state index is -0.136. The van der Waals surface area contributed by atoms with Gasteiger partial charge in [0.05, 0.1) is 5.92 Å². The first-order valence-corrected chi connectivity index (χ1v) is 7.50. The molecule has 114 valence electrons. The Labute approximate surface area is 121 Å². The Balaban J connectivity index is 1.86. The summed E-state index contributed by atoms with van der Waals surface area (Å²) in [6.45, 7) is 5.57. The molecular formula is C14H26N4O2. The largest absolute Gasteiger partial charge is 0.341 e. The van der Waals surface area contributed by atoms with Crippen LogP contribution in [0.2, 0.25) is 0 Å². The summed E-state index contributed by atoms with van der Waals surface area (Å²) in [5.41, 5.74) is 0. The lowest BCUT2D eigenvalue weighted by molar-refractivity contribution is -0.135. The number of carbonyl (C=O) groups excluding carboxylic acids is 2. The molecule has 2 rings (SSSR count). The molecule has 0 unspecified atom stereocenters. The van der Waals surface area contributed by atoms with Crippen molar-refractivity contribution in [2.24, 2.45) is 5.92 Å². The Kier molecular flexibility index (Phi) is 5.37. The van der Waals surface area contributed by atoms with E-state index in [0.717, 1.165) is 45.7 Å². The van der Waals surface area contributed by atoms with Crippen molar-refractivity contribution in [1.82, 2.24) is 20.0 Å². The summed E-state index contributed by atoms with van der Waals surface area (Å²) in [7, 11) is 3.99. The van der Waals surface area contributed by atoms with E-state index in [1.54, 1.807) is 0 Å². The van der Waals surface area contributed by atoms with Crippen molar-refractivity contribution in [1.29, 1.82) is 0 Å². The number of likely N-dealkylation sites (N-methyl/N-ethyl adjacent to an activating group) is 1. The Morgan fingerprint density at radius 1 is 1.35 bits per heavy atom. The molecule has 2 amide bonds. The summed E-state index contributed by atoms with van der Waals surface area (Å²) in [5, 5.41) is 3.30. The van der Waals surface area contributed by atoms with Crippen LogP contribution >= 0.6 is 0 Å². The van der Waals surface area contributed by atoms with E-state index in [2.05, 4.69) is 10.2 Å². The van der Waals surface area contributed by atoms with E-state index in [9.17, 15) is 9.59 Å². The predicted molar refractivity (Wildman–Crippen MR) is 77.3 cm³/mol. The second-order valence-corrected chi connectivity index (χ2v) is 5.97. The number of hydrogen-bond acceptors (Lipinski definition) is 4. The van der Waals surface area contributed by atoms with Gasteiger partial charge in [-0.25, -0.2) is 0 Å². The summed E-state index contributed by atoms with van der Waals surface area (Å²) in [6, 6.07) is 0. The SMILES string of the molecule is CN(C)CCN1C[C@H](C(=O)N2CCCNCC2)CC1=O. The average Bonchev–Trinajstić information content (AvgIpc) is 2.64. The number of rotatable bonds is 4. The highest BCUT2D eigenvalue weighted by Crippen LogP contribution is 2.20. The van der Waals surface area contributed by atoms with Gasteiger partial charge in [0.25, 0.3) is 0 Å². The maximum absolute atomic E-state index is 12.5. The highest BCUT2D eigenvalue weighted by Gasteiger charge is 2.36. The molecule has 0 aliphatic carbocycles. The average molecular weight is 282 g/mol. The maximum Gasteiger partial charge on any atom is 0.228 e. The Bertz CT molecular complexity index is 351. The van der Waals surface area contributed by atoms with Crippen molar-refractivity contribution < 1.29 is 9.59 Å². The van der Waals surface area contributed by atoms with Crippen LogP contribution in [-0.4, -0.2) is 86.4 Å². The molecule has 20 heavy (non-hydrogen) atoms. The third-order valence-corrected chi connectivity index (χ3v) is 4.03. The van der Waals surface area contributed by atoms with Gasteiger partial charge in [0.1, 0.15) is 0 Å². The molecule has 0 bridgehead atoms. The van der Waals surface area contributed by atoms with Crippen molar-refractivity contribution in [3.05, 3.63) is 0 Å². The standard InChI is InChI=1S/C14H26N4O2/c1-16(2)8-9-18-11-12(10-13(18)19)14(20)17-6-3-4-15-5-7-17/h12,15H,3-11H2,1-2H3/t12-/m1/s1. The van der Waals surface area contributed by atoms with Gasteiger partial charge >= 0.3 is 0 Å². The van der Waals surface area contributed by atoms with Crippen LogP contribution in [0, 0.1) is 5.92 Å². The molecule has 1 N–H and O–H groups in total. The number of likely N-dealkylation sites (tertiary alicyclic amines) is 1. The van der Waals surface area contributed by atoms with Crippen LogP contribution in [0.1, 0.15) is 12.8 Å². The Hall–Kier alpha value is -1.14. The smallest absolute Gasteiger partial charge is 0.228 e. The van der Waals surface area contributed by atoms with E-state index in [0.29, 0.717) is 13.0 Å². The number of amides is 2. The topological polar surface area (TPSA) is 55.9 Å². The Morgan fingerprint density at radius 2 is 2.15 bits per heavy atom. The van der Waals surface area contributed by atoms with E-state index < -0.39 is 0 Å². The fraction of sp³-hybridized carbons (Fsp3) is 0.857. The second-order valence-electron chi connectivity index (χ2n) is 5.97. The maximum atomic E-state index is 12.5. The minimum absolute atomic E-state index is 0.123. The zero-order valence-corrected chi connectivity index (χ0v) is 12.6. The fourth-order valence-electron chi connectivity index (χ4n) is 2.80. The van der Waals surface area contributed by atoms with Crippen molar-refractivity contribution in [3.8, 4) is 0 Å². The lowest BCUT2D eigenvalue weighted by atomic mass is 10.1. The van der Waals surface area contributed by atoms with Gasteiger partial charge in [-0.2, -0.15) is 0 Å². The van der Waals surface area contributed by atoms with Crippen LogP contribution < -0.4 is 5.32 Å². The van der Waals surface area contributed by atoms with Crippen molar-refractivity contribution in [2.45, 2.75) is 12.8 Å². The first-order valence-electron chi connectivity index (χ1n) is 7.50. The lowest BCUT2D eigenvalue weighted by Gasteiger charge is -2.24. The van der Waals surface area contributed by atoms with Crippen molar-refractivity contribution in [3.63, 3.8) is 0 Å². The molecule has 0 saturated carbocycles. The molecule has 1 atom stereocenters. The van der Waals surface area contributed by atoms with Crippen LogP contribution in [0.25, 0.3) is 0 Å². The molecule has 2 saturated heterocycles. The number of nitrogens with zero attached hydrogens (tertiary/aromatic N) is 3. The molecule has 2 aliphatic heterocycles. The quantitative estimate of drug-likeness (QED) is 0.735. The predicted octanol–water partition coefficient (Wildman–Crippen LogP) is -0.782. The normalized spacial score (nSPS) is 24.4. The van der Waals surface area contributed by atoms with E-state index in [4.69, 9.17) is 0 Å². The summed E-state index contributed by atoms with van der Waals surface area (Å²) in [5.74, 6) is 0.148. The second kappa shape index (κ2) is 7.04.